The van der Waals surface area contributed by atoms with Crippen molar-refractivity contribution in [3.05, 3.63) is 0 Å². The Morgan fingerprint density at radius 2 is 2.23 bits per heavy atom. The number of nitrogens with one attached hydrogen (secondary N) is 1. The maximum Gasteiger partial charge on any atom is 0.0616 e. The second-order valence-corrected chi connectivity index (χ2v) is 4.51. The first-order chi connectivity index (χ1) is 6.10. The van der Waals surface area contributed by atoms with Gasteiger partial charge < -0.3 is 10.1 Å². The fraction of sp³-hybridized carbons (Fsp3) is 1.00. The van der Waals surface area contributed by atoms with Crippen LogP contribution in [-0.4, -0.2) is 25.3 Å². The molecule has 1 aliphatic rings. The number of ether oxygens (including phenoxy) is 1. The van der Waals surface area contributed by atoms with Gasteiger partial charge in [-0.05, 0) is 19.8 Å². The van der Waals surface area contributed by atoms with E-state index >= 15 is 0 Å². The van der Waals surface area contributed by atoms with Crippen LogP contribution >= 0.6 is 0 Å². The van der Waals surface area contributed by atoms with Crippen molar-refractivity contribution in [2.24, 2.45) is 5.41 Å². The average Bonchev–Trinajstić information content (AvgIpc) is 2.45. The molecule has 13 heavy (non-hydrogen) atoms. The zero-order valence-electron chi connectivity index (χ0n) is 9.39. The molecule has 2 unspecified atom stereocenters. The van der Waals surface area contributed by atoms with E-state index in [9.17, 15) is 0 Å². The van der Waals surface area contributed by atoms with Gasteiger partial charge >= 0.3 is 0 Å². The lowest BCUT2D eigenvalue weighted by Crippen LogP contribution is -2.41. The van der Waals surface area contributed by atoms with Crippen LogP contribution in [0.5, 0.6) is 0 Å². The molecular formula is C11H23NO. The first-order valence-electron chi connectivity index (χ1n) is 5.46. The minimum Gasteiger partial charge on any atom is -0.378 e. The third-order valence-electron chi connectivity index (χ3n) is 3.40. The largest absolute Gasteiger partial charge is 0.378 e. The van der Waals surface area contributed by atoms with Crippen molar-refractivity contribution in [1.82, 2.24) is 5.32 Å². The monoisotopic (exact) mass is 185 g/mol. The molecule has 0 radical (unpaired) electrons. The maximum atomic E-state index is 5.65. The van der Waals surface area contributed by atoms with E-state index in [0.29, 0.717) is 17.6 Å². The van der Waals surface area contributed by atoms with Gasteiger partial charge in [0.25, 0.3) is 0 Å². The fourth-order valence-electron chi connectivity index (χ4n) is 2.05. The van der Waals surface area contributed by atoms with Gasteiger partial charge in [0.05, 0.1) is 6.10 Å². The van der Waals surface area contributed by atoms with Gasteiger partial charge in [0.2, 0.25) is 0 Å². The summed E-state index contributed by atoms with van der Waals surface area (Å²) in [5.74, 6) is 0. The molecule has 1 rings (SSSR count). The van der Waals surface area contributed by atoms with E-state index in [1.54, 1.807) is 0 Å². The van der Waals surface area contributed by atoms with Gasteiger partial charge in [0, 0.05) is 24.6 Å². The highest BCUT2D eigenvalue weighted by Crippen LogP contribution is 2.37. The van der Waals surface area contributed by atoms with Crippen LogP contribution in [0.2, 0.25) is 0 Å². The highest BCUT2D eigenvalue weighted by atomic mass is 16.5. The van der Waals surface area contributed by atoms with Crippen LogP contribution in [0.4, 0.5) is 0 Å². The van der Waals surface area contributed by atoms with E-state index < -0.39 is 0 Å². The van der Waals surface area contributed by atoms with E-state index in [4.69, 9.17) is 4.74 Å². The van der Waals surface area contributed by atoms with E-state index in [-0.39, 0.29) is 0 Å². The minimum atomic E-state index is 0.393. The summed E-state index contributed by atoms with van der Waals surface area (Å²) < 4.78 is 5.65. The summed E-state index contributed by atoms with van der Waals surface area (Å²) >= 11 is 0. The summed E-state index contributed by atoms with van der Waals surface area (Å²) in [6.07, 6.45) is 2.85. The summed E-state index contributed by atoms with van der Waals surface area (Å²) in [6, 6.07) is 0.580. The van der Waals surface area contributed by atoms with Gasteiger partial charge in [-0.1, -0.05) is 20.8 Å². The molecule has 2 nitrogen and oxygen atoms in total. The lowest BCUT2D eigenvalue weighted by atomic mass is 9.79. The van der Waals surface area contributed by atoms with Crippen LogP contribution in [0, 0.1) is 5.41 Å². The highest BCUT2D eigenvalue weighted by molar-refractivity contribution is 4.90. The average molecular weight is 185 g/mol. The van der Waals surface area contributed by atoms with E-state index in [1.807, 2.05) is 0 Å². The van der Waals surface area contributed by atoms with Crippen LogP contribution in [0.1, 0.15) is 40.5 Å². The number of rotatable bonds is 4. The van der Waals surface area contributed by atoms with Crippen molar-refractivity contribution in [2.75, 3.05) is 13.2 Å². The van der Waals surface area contributed by atoms with Crippen LogP contribution in [-0.2, 0) is 4.74 Å². The number of hydrogen-bond acceptors (Lipinski definition) is 2. The number of hydrogen-bond donors (Lipinski definition) is 1. The predicted molar refractivity (Wildman–Crippen MR) is 55.9 cm³/mol. The molecule has 0 amide bonds. The molecule has 1 N–H and O–H groups in total. The Morgan fingerprint density at radius 1 is 1.54 bits per heavy atom. The van der Waals surface area contributed by atoms with Crippen LogP contribution in [0.15, 0.2) is 0 Å². The van der Waals surface area contributed by atoms with Gasteiger partial charge in [-0.15, -0.1) is 0 Å². The Labute approximate surface area is 82.0 Å². The Hall–Kier alpha value is -0.0800. The quantitative estimate of drug-likeness (QED) is 0.725. The zero-order valence-corrected chi connectivity index (χ0v) is 9.39. The molecule has 1 fully saturated rings. The molecule has 0 spiro atoms. The fourth-order valence-corrected chi connectivity index (χ4v) is 2.05. The normalized spacial score (nSPS) is 34.4. The summed E-state index contributed by atoms with van der Waals surface area (Å²) in [7, 11) is 0. The van der Waals surface area contributed by atoms with Crippen molar-refractivity contribution in [3.63, 3.8) is 0 Å². The van der Waals surface area contributed by atoms with Crippen LogP contribution < -0.4 is 5.32 Å². The molecule has 0 aliphatic carbocycles. The molecule has 0 aromatic heterocycles. The lowest BCUT2D eigenvalue weighted by molar-refractivity contribution is 0.0600. The highest BCUT2D eigenvalue weighted by Gasteiger charge is 2.39. The van der Waals surface area contributed by atoms with Crippen LogP contribution in [0.25, 0.3) is 0 Å². The van der Waals surface area contributed by atoms with Gasteiger partial charge in [0.15, 0.2) is 0 Å². The van der Waals surface area contributed by atoms with Crippen molar-refractivity contribution in [1.29, 1.82) is 0 Å². The van der Waals surface area contributed by atoms with E-state index in [1.165, 1.54) is 12.8 Å². The molecule has 0 bridgehead atoms. The Balaban J connectivity index is 2.49. The summed E-state index contributed by atoms with van der Waals surface area (Å²) in [4.78, 5) is 0. The SMILES string of the molecule is CCC1(CNC(C)C)CCOC1C. The van der Waals surface area contributed by atoms with Gasteiger partial charge in [0.1, 0.15) is 0 Å². The van der Waals surface area contributed by atoms with E-state index in [0.717, 1.165) is 13.2 Å². The van der Waals surface area contributed by atoms with Gasteiger partial charge in [-0.25, -0.2) is 0 Å². The second kappa shape index (κ2) is 4.43. The summed E-state index contributed by atoms with van der Waals surface area (Å²) in [5, 5.41) is 3.53. The molecule has 2 atom stereocenters. The van der Waals surface area contributed by atoms with Crippen LogP contribution in [0.3, 0.4) is 0 Å². The molecule has 0 aromatic rings. The molecule has 1 heterocycles. The lowest BCUT2D eigenvalue weighted by Gasteiger charge is -2.32. The topological polar surface area (TPSA) is 21.3 Å². The first-order valence-corrected chi connectivity index (χ1v) is 5.46. The molecular weight excluding hydrogens is 162 g/mol. The summed E-state index contributed by atoms with van der Waals surface area (Å²) in [5.41, 5.74) is 0.393. The van der Waals surface area contributed by atoms with Crippen molar-refractivity contribution < 1.29 is 4.74 Å². The molecule has 1 saturated heterocycles. The smallest absolute Gasteiger partial charge is 0.0616 e. The van der Waals surface area contributed by atoms with Crippen molar-refractivity contribution in [2.45, 2.75) is 52.7 Å². The third-order valence-corrected chi connectivity index (χ3v) is 3.40. The molecule has 0 aromatic carbocycles. The third kappa shape index (κ3) is 2.44. The van der Waals surface area contributed by atoms with Gasteiger partial charge in [-0.3, -0.25) is 0 Å². The molecule has 78 valence electrons. The minimum absolute atomic E-state index is 0.393. The standard InChI is InChI=1S/C11H23NO/c1-5-11(8-12-9(2)3)6-7-13-10(11)4/h9-10,12H,5-8H2,1-4H3. The second-order valence-electron chi connectivity index (χ2n) is 4.51. The molecule has 0 saturated carbocycles. The zero-order chi connectivity index (χ0) is 9.90. The molecule has 2 heteroatoms. The van der Waals surface area contributed by atoms with Gasteiger partial charge in [-0.2, -0.15) is 0 Å². The Bertz CT molecular complexity index is 158. The maximum absolute atomic E-state index is 5.65. The Morgan fingerprint density at radius 3 is 2.62 bits per heavy atom. The van der Waals surface area contributed by atoms with Crippen molar-refractivity contribution >= 4 is 0 Å². The van der Waals surface area contributed by atoms with Crippen molar-refractivity contribution in [3.8, 4) is 0 Å². The summed E-state index contributed by atoms with van der Waals surface area (Å²) in [6.45, 7) is 10.9. The Kier molecular flexibility index (Phi) is 3.74. The molecule has 1 aliphatic heterocycles. The predicted octanol–water partition coefficient (Wildman–Crippen LogP) is 2.19. The van der Waals surface area contributed by atoms with E-state index in [2.05, 4.69) is 33.0 Å². The first kappa shape index (κ1) is 11.0.